The summed E-state index contributed by atoms with van der Waals surface area (Å²) in [4.78, 5) is 0. The first kappa shape index (κ1) is 12.9. The Balaban J connectivity index is 2.21. The summed E-state index contributed by atoms with van der Waals surface area (Å²) in [6.07, 6.45) is 0. The molecule has 2 rings (SSSR count). The summed E-state index contributed by atoms with van der Waals surface area (Å²) in [5, 5.41) is 4.00. The van der Waals surface area contributed by atoms with Crippen molar-refractivity contribution < 1.29 is 4.39 Å². The first-order chi connectivity index (χ1) is 8.58. The van der Waals surface area contributed by atoms with Crippen LogP contribution in [0.1, 0.15) is 24.1 Å². The largest absolute Gasteiger partial charge is 0.378 e. The van der Waals surface area contributed by atoms with Gasteiger partial charge in [0.2, 0.25) is 0 Å². The van der Waals surface area contributed by atoms with E-state index in [1.807, 2.05) is 37.3 Å². The SMILES string of the molecule is Cc1c(F)cccc1NC(C)c1cccc(Cl)c1. The van der Waals surface area contributed by atoms with Crippen molar-refractivity contribution in [2.45, 2.75) is 19.9 Å². The van der Waals surface area contributed by atoms with Crippen molar-refractivity contribution in [2.24, 2.45) is 0 Å². The number of rotatable bonds is 3. The van der Waals surface area contributed by atoms with Crippen molar-refractivity contribution in [1.29, 1.82) is 0 Å². The average Bonchev–Trinajstić information content (AvgIpc) is 2.35. The van der Waals surface area contributed by atoms with E-state index >= 15 is 0 Å². The van der Waals surface area contributed by atoms with Crippen LogP contribution in [0.15, 0.2) is 42.5 Å². The van der Waals surface area contributed by atoms with Gasteiger partial charge < -0.3 is 5.32 Å². The summed E-state index contributed by atoms with van der Waals surface area (Å²) in [5.41, 5.74) is 2.51. The van der Waals surface area contributed by atoms with E-state index in [0.717, 1.165) is 11.3 Å². The van der Waals surface area contributed by atoms with Gasteiger partial charge >= 0.3 is 0 Å². The molecule has 3 heteroatoms. The number of benzene rings is 2. The molecule has 0 aliphatic rings. The van der Waals surface area contributed by atoms with Gasteiger partial charge in [0.05, 0.1) is 0 Å². The molecule has 0 spiro atoms. The molecule has 1 atom stereocenters. The molecule has 0 fully saturated rings. The predicted molar refractivity (Wildman–Crippen MR) is 74.6 cm³/mol. The van der Waals surface area contributed by atoms with Gasteiger partial charge in [0, 0.05) is 22.3 Å². The normalized spacial score (nSPS) is 12.2. The van der Waals surface area contributed by atoms with Crippen LogP contribution in [-0.2, 0) is 0 Å². The summed E-state index contributed by atoms with van der Waals surface area (Å²) in [7, 11) is 0. The van der Waals surface area contributed by atoms with Crippen LogP contribution in [-0.4, -0.2) is 0 Å². The zero-order chi connectivity index (χ0) is 13.1. The predicted octanol–water partition coefficient (Wildman–Crippen LogP) is 4.96. The van der Waals surface area contributed by atoms with Gasteiger partial charge in [0.15, 0.2) is 0 Å². The van der Waals surface area contributed by atoms with Crippen LogP contribution in [0, 0.1) is 12.7 Å². The van der Waals surface area contributed by atoms with Gasteiger partial charge in [-0.2, -0.15) is 0 Å². The number of halogens is 2. The first-order valence-electron chi connectivity index (χ1n) is 5.85. The fourth-order valence-electron chi connectivity index (χ4n) is 1.86. The van der Waals surface area contributed by atoms with Crippen molar-refractivity contribution >= 4 is 17.3 Å². The molecule has 0 radical (unpaired) electrons. The van der Waals surface area contributed by atoms with Gasteiger partial charge in [-0.05, 0) is 43.7 Å². The van der Waals surface area contributed by atoms with Gasteiger partial charge in [0.1, 0.15) is 5.82 Å². The average molecular weight is 264 g/mol. The number of hydrogen-bond donors (Lipinski definition) is 1. The minimum absolute atomic E-state index is 0.0733. The Morgan fingerprint density at radius 3 is 2.61 bits per heavy atom. The van der Waals surface area contributed by atoms with E-state index in [2.05, 4.69) is 5.32 Å². The topological polar surface area (TPSA) is 12.0 Å². The molecule has 0 heterocycles. The van der Waals surface area contributed by atoms with Crippen LogP contribution in [0.25, 0.3) is 0 Å². The molecule has 18 heavy (non-hydrogen) atoms. The lowest BCUT2D eigenvalue weighted by Crippen LogP contribution is -2.08. The Kier molecular flexibility index (Phi) is 3.87. The molecule has 1 unspecified atom stereocenters. The molecule has 0 amide bonds. The Labute approximate surface area is 112 Å². The third-order valence-electron chi connectivity index (χ3n) is 2.99. The summed E-state index contributed by atoms with van der Waals surface area (Å²) >= 11 is 5.96. The second-order valence-electron chi connectivity index (χ2n) is 4.33. The number of nitrogens with one attached hydrogen (secondary N) is 1. The van der Waals surface area contributed by atoms with Gasteiger partial charge in [-0.1, -0.05) is 29.8 Å². The standard InChI is InChI=1S/C15H15ClFN/c1-10-14(17)7-4-8-15(10)18-11(2)12-5-3-6-13(16)9-12/h3-9,11,18H,1-2H3. The molecule has 94 valence electrons. The van der Waals surface area contributed by atoms with E-state index < -0.39 is 0 Å². The first-order valence-corrected chi connectivity index (χ1v) is 6.23. The van der Waals surface area contributed by atoms with Crippen molar-refractivity contribution in [2.75, 3.05) is 5.32 Å². The lowest BCUT2D eigenvalue weighted by molar-refractivity contribution is 0.618. The second kappa shape index (κ2) is 5.40. The summed E-state index contributed by atoms with van der Waals surface area (Å²) in [6, 6.07) is 12.8. The lowest BCUT2D eigenvalue weighted by atomic mass is 10.1. The van der Waals surface area contributed by atoms with Crippen LogP contribution in [0.4, 0.5) is 10.1 Å². The summed E-state index contributed by atoms with van der Waals surface area (Å²) in [5.74, 6) is -0.196. The number of anilines is 1. The van der Waals surface area contributed by atoms with E-state index in [1.54, 1.807) is 13.0 Å². The van der Waals surface area contributed by atoms with E-state index in [4.69, 9.17) is 11.6 Å². The maximum absolute atomic E-state index is 13.4. The van der Waals surface area contributed by atoms with Crippen molar-refractivity contribution in [3.63, 3.8) is 0 Å². The minimum atomic E-state index is -0.196. The molecular weight excluding hydrogens is 249 g/mol. The zero-order valence-corrected chi connectivity index (χ0v) is 11.1. The number of hydrogen-bond acceptors (Lipinski definition) is 1. The molecule has 0 bridgehead atoms. The van der Waals surface area contributed by atoms with Gasteiger partial charge in [-0.15, -0.1) is 0 Å². The Morgan fingerprint density at radius 1 is 1.17 bits per heavy atom. The van der Waals surface area contributed by atoms with E-state index in [9.17, 15) is 4.39 Å². The van der Waals surface area contributed by atoms with Gasteiger partial charge in [-0.3, -0.25) is 0 Å². The smallest absolute Gasteiger partial charge is 0.128 e. The molecule has 0 aromatic heterocycles. The fraction of sp³-hybridized carbons (Fsp3) is 0.200. The highest BCUT2D eigenvalue weighted by molar-refractivity contribution is 6.30. The molecule has 1 N–H and O–H groups in total. The fourth-order valence-corrected chi connectivity index (χ4v) is 2.06. The molecular formula is C15H15ClFN. The Bertz CT molecular complexity index is 554. The minimum Gasteiger partial charge on any atom is -0.378 e. The van der Waals surface area contributed by atoms with Crippen LogP contribution < -0.4 is 5.32 Å². The Morgan fingerprint density at radius 2 is 1.89 bits per heavy atom. The van der Waals surface area contributed by atoms with Gasteiger partial charge in [0.25, 0.3) is 0 Å². The maximum Gasteiger partial charge on any atom is 0.128 e. The maximum atomic E-state index is 13.4. The Hall–Kier alpha value is -1.54. The quantitative estimate of drug-likeness (QED) is 0.825. The molecule has 2 aromatic rings. The second-order valence-corrected chi connectivity index (χ2v) is 4.77. The van der Waals surface area contributed by atoms with Crippen LogP contribution >= 0.6 is 11.6 Å². The third kappa shape index (κ3) is 2.82. The van der Waals surface area contributed by atoms with E-state index in [1.165, 1.54) is 6.07 Å². The highest BCUT2D eigenvalue weighted by Crippen LogP contribution is 2.24. The lowest BCUT2D eigenvalue weighted by Gasteiger charge is -2.17. The summed E-state index contributed by atoms with van der Waals surface area (Å²) < 4.78 is 13.4. The van der Waals surface area contributed by atoms with Crippen LogP contribution in [0.2, 0.25) is 5.02 Å². The van der Waals surface area contributed by atoms with Crippen molar-refractivity contribution in [1.82, 2.24) is 0 Å². The highest BCUT2D eigenvalue weighted by Gasteiger charge is 2.09. The zero-order valence-electron chi connectivity index (χ0n) is 10.4. The van der Waals surface area contributed by atoms with Crippen LogP contribution in [0.5, 0.6) is 0 Å². The summed E-state index contributed by atoms with van der Waals surface area (Å²) in [6.45, 7) is 3.79. The van der Waals surface area contributed by atoms with Gasteiger partial charge in [-0.25, -0.2) is 4.39 Å². The molecule has 0 aliphatic carbocycles. The van der Waals surface area contributed by atoms with Crippen molar-refractivity contribution in [3.05, 3.63) is 64.4 Å². The molecule has 0 saturated carbocycles. The molecule has 1 nitrogen and oxygen atoms in total. The van der Waals surface area contributed by atoms with E-state index in [0.29, 0.717) is 10.6 Å². The molecule has 0 saturated heterocycles. The van der Waals surface area contributed by atoms with Crippen LogP contribution in [0.3, 0.4) is 0 Å². The van der Waals surface area contributed by atoms with Crippen molar-refractivity contribution in [3.8, 4) is 0 Å². The molecule has 2 aromatic carbocycles. The monoisotopic (exact) mass is 263 g/mol. The third-order valence-corrected chi connectivity index (χ3v) is 3.22. The highest BCUT2D eigenvalue weighted by atomic mass is 35.5. The molecule has 0 aliphatic heterocycles. The van der Waals surface area contributed by atoms with E-state index in [-0.39, 0.29) is 11.9 Å².